The van der Waals surface area contributed by atoms with Gasteiger partial charge in [0.15, 0.2) is 0 Å². The van der Waals surface area contributed by atoms with Gasteiger partial charge in [0.2, 0.25) is 11.9 Å². The van der Waals surface area contributed by atoms with E-state index in [1.54, 1.807) is 4.31 Å². The Morgan fingerprint density at radius 3 is 1.91 bits per heavy atom. The number of likely N-dealkylation sites (tertiary alicyclic amines) is 2. The first-order valence-electron chi connectivity index (χ1n) is 25.4. The van der Waals surface area contributed by atoms with Crippen molar-refractivity contribution in [2.75, 3.05) is 70.6 Å². The van der Waals surface area contributed by atoms with Crippen LogP contribution in [0.15, 0.2) is 22.4 Å². The smallest absolute Gasteiger partial charge is 0.298 e. The fourth-order valence-corrected chi connectivity index (χ4v) is 15.2. The second kappa shape index (κ2) is 19.9. The summed E-state index contributed by atoms with van der Waals surface area (Å²) in [7, 11) is 0.859. The van der Waals surface area contributed by atoms with E-state index in [0.717, 1.165) is 113 Å². The summed E-state index contributed by atoms with van der Waals surface area (Å²) in [4.78, 5) is 13.2. The maximum Gasteiger partial charge on any atom is 0.298 e. The van der Waals surface area contributed by atoms with Gasteiger partial charge in [-0.25, -0.2) is 26.6 Å². The van der Waals surface area contributed by atoms with Crippen molar-refractivity contribution >= 4 is 61.1 Å². The van der Waals surface area contributed by atoms with E-state index in [2.05, 4.69) is 96.9 Å². The van der Waals surface area contributed by atoms with E-state index in [-0.39, 0.29) is 17.9 Å². The standard InChI is InChI=1S/C21H28N6O2S.C20H29ClN4O3SSi.C7H14N2/c1-26-11-15-8-9-27(18(15)12-26)30(28,29)21-23-20(24-25-21)22-19-16-6-2-4-13(16)10-14-5-3-7-17(14)19;1-30(2,3)11-10-28-13-25-19(23-20(24-25)29(21,26)27)22-18-16-8-4-6-14(16)12-15-7-5-9-17(15)18;1-9-4-6-2-3-8-7(6)5-9/h10,15,18H,2-9,11-12H2,1H3,(H2,22,23,24,25);12H,4-11,13H2,1-3H3,(H,22,23,24);6-8H,2-5H2,1H3. The summed E-state index contributed by atoms with van der Waals surface area (Å²) >= 11 is 0. The van der Waals surface area contributed by atoms with Gasteiger partial charge in [0, 0.05) is 81.5 Å². The van der Waals surface area contributed by atoms with E-state index in [0.29, 0.717) is 31.0 Å². The highest BCUT2D eigenvalue weighted by atomic mass is 35.7. The highest BCUT2D eigenvalue weighted by molar-refractivity contribution is 8.13. The van der Waals surface area contributed by atoms with Crippen molar-refractivity contribution in [3.63, 3.8) is 0 Å². The Kier molecular flexibility index (Phi) is 14.1. The molecule has 4 atom stereocenters. The largest absolute Gasteiger partial charge is 0.359 e. The first-order chi connectivity index (χ1) is 33.0. The lowest BCUT2D eigenvalue weighted by Gasteiger charge is -2.21. The number of H-pyrrole nitrogens is 1. The first-order valence-corrected chi connectivity index (χ1v) is 32.8. The zero-order chi connectivity index (χ0) is 48.2. The number of ether oxygens (including phenoxy) is 1. The maximum absolute atomic E-state index is 13.3. The molecule has 2 aromatic carbocycles. The third kappa shape index (κ3) is 10.6. The van der Waals surface area contributed by atoms with Gasteiger partial charge in [0.1, 0.15) is 6.73 Å². The van der Waals surface area contributed by atoms with Crippen molar-refractivity contribution < 1.29 is 21.6 Å². The molecule has 0 amide bonds. The Hall–Kier alpha value is -3.47. The molecule has 6 heterocycles. The number of hydrogen-bond donors (Lipinski definition) is 4. The molecule has 0 spiro atoms. The van der Waals surface area contributed by atoms with Crippen molar-refractivity contribution in [3.05, 3.63) is 56.6 Å². The number of nitrogens with one attached hydrogen (secondary N) is 4. The van der Waals surface area contributed by atoms with Crippen LogP contribution in [0.4, 0.5) is 23.3 Å². The summed E-state index contributed by atoms with van der Waals surface area (Å²) in [5, 5.41) is 20.9. The Balaban J connectivity index is 0.000000135. The van der Waals surface area contributed by atoms with Gasteiger partial charge in [0.05, 0.1) is 0 Å². The monoisotopic (exact) mass is 1020 g/mol. The Labute approximate surface area is 413 Å². The van der Waals surface area contributed by atoms with Gasteiger partial charge in [0.25, 0.3) is 29.4 Å². The fourth-order valence-electron chi connectivity index (χ4n) is 12.3. The molecule has 21 heteroatoms. The summed E-state index contributed by atoms with van der Waals surface area (Å²) < 4.78 is 59.1. The molecule has 2 aromatic heterocycles. The van der Waals surface area contributed by atoms with Crippen LogP contribution in [-0.2, 0) is 81.9 Å². The van der Waals surface area contributed by atoms with E-state index in [1.165, 1.54) is 88.1 Å². The highest BCUT2D eigenvalue weighted by Crippen LogP contribution is 2.42. The molecule has 4 aliphatic carbocycles. The van der Waals surface area contributed by atoms with Crippen LogP contribution in [0.2, 0.25) is 25.7 Å². The number of benzene rings is 2. The predicted molar refractivity (Wildman–Crippen MR) is 272 cm³/mol. The van der Waals surface area contributed by atoms with E-state index in [9.17, 15) is 16.8 Å². The van der Waals surface area contributed by atoms with Crippen molar-refractivity contribution in [2.24, 2.45) is 11.8 Å². The number of aromatic nitrogens is 6. The quantitative estimate of drug-likeness (QED) is 0.0733. The minimum absolute atomic E-state index is 0.0437. The van der Waals surface area contributed by atoms with Crippen molar-refractivity contribution in [3.8, 4) is 0 Å². The Bertz CT molecular complexity index is 2700. The van der Waals surface area contributed by atoms with Crippen LogP contribution in [0.25, 0.3) is 0 Å². The van der Waals surface area contributed by atoms with Crippen molar-refractivity contribution in [2.45, 2.75) is 145 Å². The molecule has 4 aliphatic heterocycles. The van der Waals surface area contributed by atoms with Gasteiger partial charge in [-0.1, -0.05) is 31.8 Å². The van der Waals surface area contributed by atoms with Gasteiger partial charge in [-0.15, -0.1) is 10.2 Å². The third-order valence-electron chi connectivity index (χ3n) is 15.7. The first kappa shape index (κ1) is 49.1. The highest BCUT2D eigenvalue weighted by Gasteiger charge is 2.47. The number of fused-ring (bicyclic) bond motifs is 6. The van der Waals surface area contributed by atoms with Crippen molar-refractivity contribution in [1.29, 1.82) is 0 Å². The topological polar surface area (TPSA) is 196 Å². The predicted octanol–water partition coefficient (Wildman–Crippen LogP) is 6.00. The second-order valence-corrected chi connectivity index (χ2v) is 31.9. The minimum Gasteiger partial charge on any atom is -0.359 e. The van der Waals surface area contributed by atoms with Gasteiger partial charge >= 0.3 is 0 Å². The Morgan fingerprint density at radius 2 is 1.33 bits per heavy atom. The van der Waals surface area contributed by atoms with Gasteiger partial charge in [-0.05, 0) is 173 Å². The average molecular weight is 1020 g/mol. The fraction of sp³-hybridized carbons (Fsp3) is 0.667. The molecule has 4 unspecified atom stereocenters. The summed E-state index contributed by atoms with van der Waals surface area (Å²) in [5.74, 6) is 2.09. The molecule has 0 saturated carbocycles. The molecule has 69 heavy (non-hydrogen) atoms. The lowest BCUT2D eigenvalue weighted by atomic mass is 9.99. The second-order valence-electron chi connectivity index (χ2n) is 22.0. The summed E-state index contributed by atoms with van der Waals surface area (Å²) in [6.07, 6.45) is 15.5. The molecule has 4 saturated heterocycles. The van der Waals surface area contributed by atoms with Crippen LogP contribution < -0.4 is 16.0 Å². The number of aryl methyl sites for hydroxylation is 4. The SMILES string of the molecule is CN1CC2CCN(S(=O)(=O)c3nc(Nc4c5c(cc6c4CCC6)CCC5)n[nH]3)C2C1.CN1CC2CCNC2C1.C[Si](C)(C)CCOCn1nc(S(=O)(=O)Cl)nc1Nc1c2c(cc3c1CCC3)CCC2. The van der Waals surface area contributed by atoms with Crippen LogP contribution in [0, 0.1) is 11.8 Å². The number of sulfonamides is 1. The molecule has 4 fully saturated rings. The molecule has 4 N–H and O–H groups in total. The zero-order valence-electron chi connectivity index (χ0n) is 41.0. The Morgan fingerprint density at radius 1 is 0.754 bits per heavy atom. The van der Waals surface area contributed by atoms with Gasteiger partial charge in [-0.2, -0.15) is 14.3 Å². The molecule has 0 radical (unpaired) electrons. The van der Waals surface area contributed by atoms with Crippen LogP contribution in [0.5, 0.6) is 0 Å². The minimum atomic E-state index is -4.03. The molecular weight excluding hydrogens is 952 g/mol. The molecule has 4 aromatic rings. The number of aromatic amines is 1. The number of hydrogen-bond acceptors (Lipinski definition) is 14. The lowest BCUT2D eigenvalue weighted by Crippen LogP contribution is -2.39. The van der Waals surface area contributed by atoms with E-state index >= 15 is 0 Å². The number of halogens is 1. The molecule has 0 bridgehead atoms. The molecule has 12 rings (SSSR count). The van der Waals surface area contributed by atoms with Crippen molar-refractivity contribution in [1.82, 2.24) is 49.4 Å². The van der Waals surface area contributed by atoms with Gasteiger partial charge in [-0.3, -0.25) is 0 Å². The lowest BCUT2D eigenvalue weighted by molar-refractivity contribution is 0.0792. The van der Waals surface area contributed by atoms with E-state index < -0.39 is 32.3 Å². The molecule has 376 valence electrons. The number of nitrogens with zero attached hydrogens (tertiary/aromatic N) is 8. The third-order valence-corrected chi connectivity index (χ3v) is 20.2. The van der Waals surface area contributed by atoms with Crippen LogP contribution >= 0.6 is 10.7 Å². The zero-order valence-corrected chi connectivity index (χ0v) is 44.4. The van der Waals surface area contributed by atoms with E-state index in [4.69, 9.17) is 15.4 Å². The summed E-state index contributed by atoms with van der Waals surface area (Å²) in [5.41, 5.74) is 13.2. The van der Waals surface area contributed by atoms with Crippen LogP contribution in [0.3, 0.4) is 0 Å². The average Bonchev–Trinajstić information content (AvgIpc) is 4.09. The summed E-state index contributed by atoms with van der Waals surface area (Å²) in [6, 6.07) is 6.63. The van der Waals surface area contributed by atoms with Crippen LogP contribution in [0.1, 0.15) is 83.0 Å². The molecular formula is C48H71ClN12O5S2Si. The number of rotatable bonds is 12. The summed E-state index contributed by atoms with van der Waals surface area (Å²) in [6.45, 7) is 13.7. The van der Waals surface area contributed by atoms with E-state index in [1.807, 2.05) is 0 Å². The normalized spacial score (nSPS) is 24.0. The molecule has 8 aliphatic rings. The van der Waals surface area contributed by atoms with Gasteiger partial charge < -0.3 is 30.5 Å². The van der Waals surface area contributed by atoms with Crippen LogP contribution in [-0.4, -0.2) is 141 Å². The number of likely N-dealkylation sites (N-methyl/N-ethyl adjacent to an activating group) is 2. The number of anilines is 4. The molecule has 17 nitrogen and oxygen atoms in total. The maximum atomic E-state index is 13.3.